The van der Waals surface area contributed by atoms with Crippen molar-refractivity contribution in [3.63, 3.8) is 0 Å². The van der Waals surface area contributed by atoms with E-state index < -0.39 is 0 Å². The van der Waals surface area contributed by atoms with Crippen molar-refractivity contribution < 1.29 is 13.6 Å². The maximum atomic E-state index is 13.4. The standard InChI is InChI=1S/C23H27F2N3O/c24-19-9-5-17(6-10-19)22(18-7-11-20(25)12-8-18)27-13-15-28(16-14-27)23(29)26-21-3-1-2-4-21/h5-12,21-22H,1-4,13-16H2,(H,26,29). The quantitative estimate of drug-likeness (QED) is 0.831. The number of amides is 2. The van der Waals surface area contributed by atoms with Crippen LogP contribution in [-0.4, -0.2) is 48.1 Å². The predicted octanol–water partition coefficient (Wildman–Crippen LogP) is 4.32. The highest BCUT2D eigenvalue weighted by atomic mass is 19.1. The summed E-state index contributed by atoms with van der Waals surface area (Å²) in [6.45, 7) is 2.68. The molecule has 0 atom stereocenters. The summed E-state index contributed by atoms with van der Waals surface area (Å²) in [5, 5.41) is 3.15. The molecule has 0 spiro atoms. The van der Waals surface area contributed by atoms with Gasteiger partial charge in [-0.2, -0.15) is 0 Å². The van der Waals surface area contributed by atoms with Gasteiger partial charge < -0.3 is 10.2 Å². The molecule has 0 bridgehead atoms. The van der Waals surface area contributed by atoms with Crippen molar-refractivity contribution in [3.05, 3.63) is 71.3 Å². The lowest BCUT2D eigenvalue weighted by Crippen LogP contribution is -2.53. The summed E-state index contributed by atoms with van der Waals surface area (Å²) in [5.41, 5.74) is 1.92. The molecular formula is C23H27F2N3O. The number of nitrogens with one attached hydrogen (secondary N) is 1. The zero-order chi connectivity index (χ0) is 20.2. The van der Waals surface area contributed by atoms with E-state index in [1.54, 1.807) is 24.3 Å². The Bertz CT molecular complexity index is 766. The summed E-state index contributed by atoms with van der Waals surface area (Å²) < 4.78 is 26.9. The molecule has 1 aliphatic heterocycles. The number of rotatable bonds is 4. The predicted molar refractivity (Wildman–Crippen MR) is 109 cm³/mol. The fourth-order valence-corrected chi connectivity index (χ4v) is 4.42. The summed E-state index contributed by atoms with van der Waals surface area (Å²) in [4.78, 5) is 16.7. The Hall–Kier alpha value is -2.47. The zero-order valence-corrected chi connectivity index (χ0v) is 16.5. The van der Waals surface area contributed by atoms with Gasteiger partial charge in [0.25, 0.3) is 0 Å². The third-order valence-electron chi connectivity index (χ3n) is 6.02. The fourth-order valence-electron chi connectivity index (χ4n) is 4.42. The molecule has 1 aliphatic carbocycles. The maximum Gasteiger partial charge on any atom is 0.317 e. The molecule has 6 heteroatoms. The molecule has 2 aromatic rings. The highest BCUT2D eigenvalue weighted by molar-refractivity contribution is 5.74. The van der Waals surface area contributed by atoms with Crippen LogP contribution >= 0.6 is 0 Å². The van der Waals surface area contributed by atoms with E-state index in [2.05, 4.69) is 10.2 Å². The van der Waals surface area contributed by atoms with Crippen molar-refractivity contribution >= 4 is 6.03 Å². The first-order chi connectivity index (χ1) is 14.1. The second-order valence-electron chi connectivity index (χ2n) is 7.96. The molecule has 4 nitrogen and oxygen atoms in total. The van der Waals surface area contributed by atoms with Gasteiger partial charge in [0.15, 0.2) is 0 Å². The third-order valence-corrected chi connectivity index (χ3v) is 6.02. The smallest absolute Gasteiger partial charge is 0.317 e. The largest absolute Gasteiger partial charge is 0.335 e. The molecule has 2 amide bonds. The van der Waals surface area contributed by atoms with Gasteiger partial charge in [-0.05, 0) is 48.2 Å². The number of benzene rings is 2. The van der Waals surface area contributed by atoms with E-state index in [0.29, 0.717) is 32.2 Å². The molecule has 1 saturated heterocycles. The number of hydrogen-bond acceptors (Lipinski definition) is 2. The molecule has 2 aliphatic rings. The summed E-state index contributed by atoms with van der Waals surface area (Å²) in [6, 6.07) is 13.2. The molecule has 29 heavy (non-hydrogen) atoms. The molecule has 154 valence electrons. The van der Waals surface area contributed by atoms with Gasteiger partial charge in [-0.3, -0.25) is 4.90 Å². The van der Waals surface area contributed by atoms with Crippen molar-refractivity contribution in [2.24, 2.45) is 0 Å². The third kappa shape index (κ3) is 4.75. The Morgan fingerprint density at radius 2 is 1.31 bits per heavy atom. The Labute approximate surface area is 170 Å². The first kappa shape index (κ1) is 19.8. The van der Waals surface area contributed by atoms with E-state index in [4.69, 9.17) is 0 Å². The number of halogens is 2. The van der Waals surface area contributed by atoms with Crippen molar-refractivity contribution in [2.75, 3.05) is 26.2 Å². The monoisotopic (exact) mass is 399 g/mol. The number of carbonyl (C=O) groups is 1. The van der Waals surface area contributed by atoms with Gasteiger partial charge in [0.05, 0.1) is 6.04 Å². The number of nitrogens with zero attached hydrogens (tertiary/aromatic N) is 2. The average molecular weight is 399 g/mol. The minimum atomic E-state index is -0.278. The molecule has 4 rings (SSSR count). The van der Waals surface area contributed by atoms with E-state index >= 15 is 0 Å². The van der Waals surface area contributed by atoms with Crippen LogP contribution in [0.15, 0.2) is 48.5 Å². The first-order valence-electron chi connectivity index (χ1n) is 10.4. The van der Waals surface area contributed by atoms with Crippen LogP contribution in [0.1, 0.15) is 42.9 Å². The van der Waals surface area contributed by atoms with Gasteiger partial charge in [0.2, 0.25) is 0 Å². The SMILES string of the molecule is O=C(NC1CCCC1)N1CCN(C(c2ccc(F)cc2)c2ccc(F)cc2)CC1. The van der Waals surface area contributed by atoms with Crippen molar-refractivity contribution in [3.8, 4) is 0 Å². The lowest BCUT2D eigenvalue weighted by atomic mass is 9.96. The second-order valence-corrected chi connectivity index (χ2v) is 7.96. The fraction of sp³-hybridized carbons (Fsp3) is 0.435. The molecule has 1 saturated carbocycles. The highest BCUT2D eigenvalue weighted by Crippen LogP contribution is 2.30. The number of piperazine rings is 1. The number of urea groups is 1. The summed E-state index contributed by atoms with van der Waals surface area (Å²) in [6.07, 6.45) is 4.53. The normalized spacial score (nSPS) is 18.4. The van der Waals surface area contributed by atoms with Crippen LogP contribution in [-0.2, 0) is 0 Å². The maximum absolute atomic E-state index is 13.4. The van der Waals surface area contributed by atoms with Crippen LogP contribution in [0, 0.1) is 11.6 Å². The summed E-state index contributed by atoms with van der Waals surface area (Å²) in [5.74, 6) is -0.556. The second kappa shape index (κ2) is 8.91. The van der Waals surface area contributed by atoms with E-state index in [-0.39, 0.29) is 23.7 Å². The zero-order valence-electron chi connectivity index (χ0n) is 16.5. The molecule has 2 fully saturated rings. The summed E-state index contributed by atoms with van der Waals surface area (Å²) in [7, 11) is 0. The first-order valence-corrected chi connectivity index (χ1v) is 10.4. The van der Waals surface area contributed by atoms with E-state index in [0.717, 1.165) is 24.0 Å². The molecule has 0 aromatic heterocycles. The molecule has 1 heterocycles. The van der Waals surface area contributed by atoms with Crippen molar-refractivity contribution in [1.82, 2.24) is 15.1 Å². The molecule has 2 aromatic carbocycles. The van der Waals surface area contributed by atoms with Crippen LogP contribution in [0.5, 0.6) is 0 Å². The average Bonchev–Trinajstić information content (AvgIpc) is 3.24. The Kier molecular flexibility index (Phi) is 6.09. The van der Waals surface area contributed by atoms with E-state index in [1.165, 1.54) is 37.1 Å². The van der Waals surface area contributed by atoms with Gasteiger partial charge in [-0.25, -0.2) is 13.6 Å². The highest BCUT2D eigenvalue weighted by Gasteiger charge is 2.29. The van der Waals surface area contributed by atoms with Gasteiger partial charge in [-0.1, -0.05) is 37.1 Å². The lowest BCUT2D eigenvalue weighted by molar-refractivity contribution is 0.119. The van der Waals surface area contributed by atoms with Gasteiger partial charge >= 0.3 is 6.03 Å². The molecule has 0 radical (unpaired) electrons. The van der Waals surface area contributed by atoms with E-state index in [9.17, 15) is 13.6 Å². The Morgan fingerprint density at radius 3 is 1.79 bits per heavy atom. The number of carbonyl (C=O) groups excluding carboxylic acids is 1. The number of hydrogen-bond donors (Lipinski definition) is 1. The molecule has 1 N–H and O–H groups in total. The summed E-state index contributed by atoms with van der Waals surface area (Å²) >= 11 is 0. The van der Waals surface area contributed by atoms with Crippen LogP contribution < -0.4 is 5.32 Å². The van der Waals surface area contributed by atoms with Crippen LogP contribution in [0.3, 0.4) is 0 Å². The molecular weight excluding hydrogens is 372 g/mol. The minimum absolute atomic E-state index is 0.0247. The van der Waals surface area contributed by atoms with Crippen LogP contribution in [0.25, 0.3) is 0 Å². The van der Waals surface area contributed by atoms with Crippen molar-refractivity contribution in [1.29, 1.82) is 0 Å². The topological polar surface area (TPSA) is 35.6 Å². The van der Waals surface area contributed by atoms with Gasteiger partial charge in [-0.15, -0.1) is 0 Å². The Balaban J connectivity index is 1.46. The van der Waals surface area contributed by atoms with E-state index in [1.807, 2.05) is 4.90 Å². The van der Waals surface area contributed by atoms with Crippen LogP contribution in [0.4, 0.5) is 13.6 Å². The Morgan fingerprint density at radius 1 is 0.828 bits per heavy atom. The van der Waals surface area contributed by atoms with Gasteiger partial charge in [0.1, 0.15) is 11.6 Å². The molecule has 0 unspecified atom stereocenters. The minimum Gasteiger partial charge on any atom is -0.335 e. The van der Waals surface area contributed by atoms with Crippen LogP contribution in [0.2, 0.25) is 0 Å². The lowest BCUT2D eigenvalue weighted by Gasteiger charge is -2.40. The van der Waals surface area contributed by atoms with Crippen molar-refractivity contribution in [2.45, 2.75) is 37.8 Å². The van der Waals surface area contributed by atoms with Gasteiger partial charge in [0, 0.05) is 32.2 Å².